The molecule has 0 fully saturated rings. The lowest BCUT2D eigenvalue weighted by Gasteiger charge is -2.12. The molecule has 0 bridgehead atoms. The molecule has 1 aromatic rings. The van der Waals surface area contributed by atoms with Gasteiger partial charge in [-0.3, -0.25) is 4.99 Å². The van der Waals surface area contributed by atoms with E-state index in [0.29, 0.717) is 5.92 Å². The number of ether oxygens (including phenoxy) is 2. The van der Waals surface area contributed by atoms with Crippen LogP contribution in [-0.4, -0.2) is 46.4 Å². The van der Waals surface area contributed by atoms with Crippen LogP contribution in [0.1, 0.15) is 25.8 Å². The minimum absolute atomic E-state index is 0. The maximum Gasteiger partial charge on any atom is 0.190 e. The molecule has 6 heteroatoms. The van der Waals surface area contributed by atoms with Crippen LogP contribution in [0.25, 0.3) is 0 Å². The number of halogens is 1. The Morgan fingerprint density at radius 3 is 2.62 bits per heavy atom. The lowest BCUT2D eigenvalue weighted by atomic mass is 10.1. The van der Waals surface area contributed by atoms with Gasteiger partial charge in [0.2, 0.25) is 0 Å². The smallest absolute Gasteiger partial charge is 0.190 e. The summed E-state index contributed by atoms with van der Waals surface area (Å²) in [5.41, 5.74) is 1.24. The third-order valence-corrected chi connectivity index (χ3v) is 3.27. The van der Waals surface area contributed by atoms with E-state index >= 15 is 0 Å². The molecule has 0 aliphatic heterocycles. The van der Waals surface area contributed by atoms with Crippen LogP contribution in [0, 0.1) is 5.92 Å². The van der Waals surface area contributed by atoms with Gasteiger partial charge in [0.05, 0.1) is 7.11 Å². The Morgan fingerprint density at radius 2 is 1.96 bits per heavy atom. The Bertz CT molecular complexity index is 467. The van der Waals surface area contributed by atoms with E-state index in [-0.39, 0.29) is 24.0 Å². The Hall–Kier alpha value is -1.02. The molecule has 0 saturated heterocycles. The third-order valence-electron chi connectivity index (χ3n) is 3.27. The monoisotopic (exact) mass is 449 g/mol. The van der Waals surface area contributed by atoms with Crippen molar-refractivity contribution in [2.45, 2.75) is 26.7 Å². The molecule has 0 saturated carbocycles. The van der Waals surface area contributed by atoms with Crippen LogP contribution >= 0.6 is 24.0 Å². The number of rotatable bonds is 10. The fraction of sp³-hybridized carbons (Fsp3) is 0.611. The number of hydrogen-bond acceptors (Lipinski definition) is 3. The first-order valence-electron chi connectivity index (χ1n) is 8.31. The lowest BCUT2D eigenvalue weighted by Crippen LogP contribution is -2.39. The second-order valence-corrected chi connectivity index (χ2v) is 5.85. The highest BCUT2D eigenvalue weighted by atomic mass is 127. The van der Waals surface area contributed by atoms with Gasteiger partial charge >= 0.3 is 0 Å². The minimum Gasteiger partial charge on any atom is -0.497 e. The summed E-state index contributed by atoms with van der Waals surface area (Å²) in [5.74, 6) is 2.32. The topological polar surface area (TPSA) is 54.9 Å². The maximum absolute atomic E-state index is 5.56. The first-order valence-corrected chi connectivity index (χ1v) is 8.31. The molecule has 0 unspecified atom stereocenters. The highest BCUT2D eigenvalue weighted by Gasteiger charge is 1.99. The van der Waals surface area contributed by atoms with E-state index in [1.165, 1.54) is 5.56 Å². The summed E-state index contributed by atoms with van der Waals surface area (Å²) in [7, 11) is 3.48. The van der Waals surface area contributed by atoms with E-state index in [2.05, 4.69) is 41.6 Å². The van der Waals surface area contributed by atoms with Crippen molar-refractivity contribution in [1.82, 2.24) is 10.6 Å². The summed E-state index contributed by atoms with van der Waals surface area (Å²) in [5, 5.41) is 6.62. The number of benzene rings is 1. The summed E-state index contributed by atoms with van der Waals surface area (Å²) in [6.07, 6.45) is 1.90. The van der Waals surface area contributed by atoms with Crippen molar-refractivity contribution in [3.8, 4) is 5.75 Å². The van der Waals surface area contributed by atoms with Crippen molar-refractivity contribution < 1.29 is 9.47 Å². The number of hydrogen-bond donors (Lipinski definition) is 2. The predicted octanol–water partition coefficient (Wildman–Crippen LogP) is 3.08. The van der Waals surface area contributed by atoms with Gasteiger partial charge in [-0.15, -0.1) is 24.0 Å². The molecule has 0 amide bonds. The zero-order valence-corrected chi connectivity index (χ0v) is 17.6. The van der Waals surface area contributed by atoms with E-state index < -0.39 is 0 Å². The molecule has 0 aliphatic rings. The minimum atomic E-state index is 0. The highest BCUT2D eigenvalue weighted by Crippen LogP contribution is 2.12. The van der Waals surface area contributed by atoms with Crippen LogP contribution < -0.4 is 15.4 Å². The average molecular weight is 449 g/mol. The predicted molar refractivity (Wildman–Crippen MR) is 112 cm³/mol. The van der Waals surface area contributed by atoms with E-state index in [1.807, 2.05) is 12.1 Å². The van der Waals surface area contributed by atoms with Gasteiger partial charge in [0.15, 0.2) is 5.96 Å². The Labute approximate surface area is 163 Å². The van der Waals surface area contributed by atoms with Crippen LogP contribution in [0.5, 0.6) is 5.75 Å². The van der Waals surface area contributed by atoms with Crippen molar-refractivity contribution in [3.63, 3.8) is 0 Å². The number of methoxy groups -OCH3 is 1. The van der Waals surface area contributed by atoms with Crippen molar-refractivity contribution in [1.29, 1.82) is 0 Å². The molecule has 2 N–H and O–H groups in total. The first-order chi connectivity index (χ1) is 11.2. The maximum atomic E-state index is 5.56. The van der Waals surface area contributed by atoms with Crippen LogP contribution in [0.4, 0.5) is 0 Å². The van der Waals surface area contributed by atoms with Gasteiger partial charge in [-0.1, -0.05) is 26.0 Å². The van der Waals surface area contributed by atoms with Crippen LogP contribution in [0.3, 0.4) is 0 Å². The van der Waals surface area contributed by atoms with Gasteiger partial charge in [0.25, 0.3) is 0 Å². The fourth-order valence-corrected chi connectivity index (χ4v) is 2.07. The van der Waals surface area contributed by atoms with E-state index in [9.17, 15) is 0 Å². The molecular weight excluding hydrogens is 417 g/mol. The van der Waals surface area contributed by atoms with Gasteiger partial charge in [-0.25, -0.2) is 0 Å². The van der Waals surface area contributed by atoms with Crippen molar-refractivity contribution in [2.24, 2.45) is 10.9 Å². The van der Waals surface area contributed by atoms with Crippen molar-refractivity contribution >= 4 is 29.9 Å². The Balaban J connectivity index is 0.00000529. The molecule has 0 radical (unpaired) electrons. The molecule has 0 heterocycles. The summed E-state index contributed by atoms with van der Waals surface area (Å²) in [4.78, 5) is 4.23. The van der Waals surface area contributed by atoms with Gasteiger partial charge in [-0.2, -0.15) is 0 Å². The van der Waals surface area contributed by atoms with E-state index in [4.69, 9.17) is 9.47 Å². The van der Waals surface area contributed by atoms with E-state index in [0.717, 1.165) is 50.9 Å². The lowest BCUT2D eigenvalue weighted by molar-refractivity contribution is 0.108. The van der Waals surface area contributed by atoms with Crippen molar-refractivity contribution in [3.05, 3.63) is 29.8 Å². The van der Waals surface area contributed by atoms with Gasteiger partial charge in [-0.05, 0) is 36.5 Å². The summed E-state index contributed by atoms with van der Waals surface area (Å²) in [6, 6.07) is 8.13. The standard InChI is InChI=1S/C18H31N3O2.HI/c1-15(2)14-23-12-6-10-20-18(19-3)21-11-9-16-7-5-8-17(13-16)22-4;/h5,7-8,13,15H,6,9-12,14H2,1-4H3,(H2,19,20,21);1H. The zero-order valence-electron chi connectivity index (χ0n) is 15.3. The van der Waals surface area contributed by atoms with Crippen LogP contribution in [-0.2, 0) is 11.2 Å². The normalized spacial score (nSPS) is 11.1. The summed E-state index contributed by atoms with van der Waals surface area (Å²) in [6.45, 7) is 7.62. The number of guanidine groups is 1. The van der Waals surface area contributed by atoms with Crippen LogP contribution in [0.2, 0.25) is 0 Å². The molecule has 24 heavy (non-hydrogen) atoms. The molecule has 1 rings (SSSR count). The largest absolute Gasteiger partial charge is 0.497 e. The molecule has 0 spiro atoms. The molecule has 138 valence electrons. The van der Waals surface area contributed by atoms with Gasteiger partial charge in [0, 0.05) is 33.4 Å². The molecule has 0 aromatic heterocycles. The van der Waals surface area contributed by atoms with Crippen molar-refractivity contribution in [2.75, 3.05) is 40.5 Å². The highest BCUT2D eigenvalue weighted by molar-refractivity contribution is 14.0. The summed E-state index contributed by atoms with van der Waals surface area (Å²) < 4.78 is 10.8. The number of nitrogens with one attached hydrogen (secondary N) is 2. The summed E-state index contributed by atoms with van der Waals surface area (Å²) >= 11 is 0. The quantitative estimate of drug-likeness (QED) is 0.250. The molecule has 0 aliphatic carbocycles. The Kier molecular flexibility index (Phi) is 13.7. The molecule has 0 atom stereocenters. The Morgan fingerprint density at radius 1 is 1.21 bits per heavy atom. The molecule has 1 aromatic carbocycles. The third kappa shape index (κ3) is 10.7. The average Bonchev–Trinajstić information content (AvgIpc) is 2.56. The zero-order chi connectivity index (χ0) is 16.9. The van der Waals surface area contributed by atoms with Gasteiger partial charge in [0.1, 0.15) is 5.75 Å². The second-order valence-electron chi connectivity index (χ2n) is 5.85. The van der Waals surface area contributed by atoms with Crippen LogP contribution in [0.15, 0.2) is 29.3 Å². The molecular formula is C18H32IN3O2. The first kappa shape index (κ1) is 23.0. The van der Waals surface area contributed by atoms with E-state index in [1.54, 1.807) is 14.2 Å². The molecule has 5 nitrogen and oxygen atoms in total. The fourth-order valence-electron chi connectivity index (χ4n) is 2.07. The second kappa shape index (κ2) is 14.3. The number of aliphatic imine (C=N–C) groups is 1. The number of nitrogens with zero attached hydrogens (tertiary/aromatic N) is 1. The van der Waals surface area contributed by atoms with Gasteiger partial charge < -0.3 is 20.1 Å². The SMILES string of the molecule is CN=C(NCCCOCC(C)C)NCCc1cccc(OC)c1.I.